The number of carbonyl (C=O) groups excluding carboxylic acids is 1. The molecule has 0 aromatic heterocycles. The second-order valence-electron chi connectivity index (χ2n) is 10.8. The molecule has 3 heterocycles. The van der Waals surface area contributed by atoms with Crippen molar-refractivity contribution in [1.29, 1.82) is 0 Å². The van der Waals surface area contributed by atoms with Crippen LogP contribution in [0.3, 0.4) is 0 Å². The van der Waals surface area contributed by atoms with Gasteiger partial charge in [0.1, 0.15) is 11.5 Å². The van der Waals surface area contributed by atoms with Gasteiger partial charge in [-0.25, -0.2) is 4.79 Å². The van der Waals surface area contributed by atoms with Crippen LogP contribution in [0.2, 0.25) is 0 Å². The highest BCUT2D eigenvalue weighted by atomic mass is 19.4. The molecule has 220 valence electrons. The molecule has 1 saturated heterocycles. The Morgan fingerprint density at radius 2 is 1.47 bits per heavy atom. The number of ether oxygens (including phenoxy) is 3. The van der Waals surface area contributed by atoms with E-state index in [4.69, 9.17) is 14.2 Å². The monoisotopic (exact) mass is 586 g/mol. The third-order valence-electron chi connectivity index (χ3n) is 8.31. The van der Waals surface area contributed by atoms with Crippen LogP contribution in [0.25, 0.3) is 0 Å². The van der Waals surface area contributed by atoms with Crippen LogP contribution in [0.4, 0.5) is 30.2 Å². The molecule has 0 atom stereocenters. The molecule has 9 heteroatoms. The third kappa shape index (κ3) is 4.25. The SMILES string of the molecule is CCCN(c1ccccc1C(F)(F)F)c1ccc(N2CCOCC2)c2c1C1(OC2=O)c2ccccc2Oc2ccccc21. The number of esters is 1. The number of para-hydroxylation sites is 3. The van der Waals surface area contributed by atoms with E-state index in [0.29, 0.717) is 77.9 Å². The lowest BCUT2D eigenvalue weighted by Gasteiger charge is -2.39. The largest absolute Gasteiger partial charge is 0.456 e. The van der Waals surface area contributed by atoms with E-state index in [1.807, 2.05) is 67.6 Å². The Bertz CT molecular complexity index is 1670. The van der Waals surface area contributed by atoms with Crippen molar-refractivity contribution in [2.75, 3.05) is 42.6 Å². The van der Waals surface area contributed by atoms with E-state index in [1.54, 1.807) is 11.0 Å². The smallest absolute Gasteiger partial charge is 0.418 e. The third-order valence-corrected chi connectivity index (χ3v) is 8.31. The van der Waals surface area contributed by atoms with Crippen LogP contribution in [0.5, 0.6) is 11.5 Å². The minimum absolute atomic E-state index is 0.0151. The van der Waals surface area contributed by atoms with E-state index in [0.717, 1.165) is 6.07 Å². The fourth-order valence-electron chi connectivity index (χ4n) is 6.56. The zero-order valence-corrected chi connectivity index (χ0v) is 23.5. The minimum atomic E-state index is -4.58. The number of morpholine rings is 1. The molecule has 0 unspecified atom stereocenters. The first kappa shape index (κ1) is 27.3. The second kappa shape index (κ2) is 10.3. The van der Waals surface area contributed by atoms with Gasteiger partial charge in [-0.15, -0.1) is 0 Å². The number of benzene rings is 4. The summed E-state index contributed by atoms with van der Waals surface area (Å²) in [6.07, 6.45) is -4.02. The summed E-state index contributed by atoms with van der Waals surface area (Å²) >= 11 is 0. The molecule has 0 saturated carbocycles. The zero-order valence-electron chi connectivity index (χ0n) is 23.5. The van der Waals surface area contributed by atoms with Crippen molar-refractivity contribution in [2.45, 2.75) is 25.1 Å². The van der Waals surface area contributed by atoms with Gasteiger partial charge in [0.05, 0.1) is 41.4 Å². The molecule has 0 amide bonds. The minimum Gasteiger partial charge on any atom is -0.456 e. The molecular weight excluding hydrogens is 557 g/mol. The van der Waals surface area contributed by atoms with Gasteiger partial charge in [0.25, 0.3) is 0 Å². The summed E-state index contributed by atoms with van der Waals surface area (Å²) in [5, 5.41) is 0. The Hall–Kier alpha value is -4.50. The van der Waals surface area contributed by atoms with Gasteiger partial charge in [0.2, 0.25) is 0 Å². The molecule has 1 fully saturated rings. The van der Waals surface area contributed by atoms with Gasteiger partial charge in [-0.1, -0.05) is 55.5 Å². The van der Waals surface area contributed by atoms with Gasteiger partial charge in [-0.2, -0.15) is 13.2 Å². The second-order valence-corrected chi connectivity index (χ2v) is 10.8. The predicted octanol–water partition coefficient (Wildman–Crippen LogP) is 7.66. The number of rotatable bonds is 5. The molecule has 0 bridgehead atoms. The van der Waals surface area contributed by atoms with Crippen LogP contribution < -0.4 is 14.5 Å². The molecule has 43 heavy (non-hydrogen) atoms. The Balaban J connectivity index is 1.58. The summed E-state index contributed by atoms with van der Waals surface area (Å²) in [5.41, 5.74) is 1.04. The fraction of sp³-hybridized carbons (Fsp3) is 0.265. The summed E-state index contributed by atoms with van der Waals surface area (Å²) < 4.78 is 61.6. The van der Waals surface area contributed by atoms with E-state index in [2.05, 4.69) is 4.90 Å². The summed E-state index contributed by atoms with van der Waals surface area (Å²) in [7, 11) is 0. The highest BCUT2D eigenvalue weighted by Crippen LogP contribution is 2.60. The maximum atomic E-state index is 14.4. The molecule has 3 aliphatic rings. The van der Waals surface area contributed by atoms with Crippen LogP contribution in [-0.2, 0) is 21.3 Å². The number of alkyl halides is 3. The molecule has 4 aromatic rings. The van der Waals surface area contributed by atoms with E-state index in [9.17, 15) is 18.0 Å². The van der Waals surface area contributed by atoms with Gasteiger partial charge in [0.15, 0.2) is 5.60 Å². The maximum Gasteiger partial charge on any atom is 0.418 e. The molecule has 6 nitrogen and oxygen atoms in total. The molecule has 0 N–H and O–H groups in total. The number of nitrogens with zero attached hydrogens (tertiary/aromatic N) is 2. The van der Waals surface area contributed by atoms with Crippen molar-refractivity contribution in [2.24, 2.45) is 0 Å². The van der Waals surface area contributed by atoms with Crippen molar-refractivity contribution < 1.29 is 32.2 Å². The Labute approximate surface area is 247 Å². The van der Waals surface area contributed by atoms with Gasteiger partial charge >= 0.3 is 12.1 Å². The molecule has 1 spiro atoms. The van der Waals surface area contributed by atoms with E-state index in [1.165, 1.54) is 12.1 Å². The fourth-order valence-corrected chi connectivity index (χ4v) is 6.56. The van der Waals surface area contributed by atoms with Crippen molar-refractivity contribution in [3.05, 3.63) is 113 Å². The Morgan fingerprint density at radius 1 is 0.837 bits per heavy atom. The Morgan fingerprint density at radius 3 is 2.12 bits per heavy atom. The molecule has 7 rings (SSSR count). The van der Waals surface area contributed by atoms with Crippen molar-refractivity contribution in [1.82, 2.24) is 0 Å². The number of halogens is 3. The van der Waals surface area contributed by atoms with E-state index >= 15 is 0 Å². The summed E-state index contributed by atoms with van der Waals surface area (Å²) in [4.78, 5) is 18.0. The van der Waals surface area contributed by atoms with Gasteiger partial charge in [-0.05, 0) is 42.8 Å². The molecule has 3 aliphatic heterocycles. The normalized spacial score (nSPS) is 16.7. The lowest BCUT2D eigenvalue weighted by atomic mass is 9.76. The highest BCUT2D eigenvalue weighted by molar-refractivity contribution is 6.05. The molecular formula is C34H29F3N2O4. The first-order chi connectivity index (χ1) is 20.8. The average Bonchev–Trinajstić information content (AvgIpc) is 3.33. The highest BCUT2D eigenvalue weighted by Gasteiger charge is 2.56. The van der Waals surface area contributed by atoms with Crippen molar-refractivity contribution in [3.8, 4) is 11.5 Å². The maximum absolute atomic E-state index is 14.4. The number of hydrogen-bond donors (Lipinski definition) is 0. The molecule has 0 radical (unpaired) electrons. The number of fused-ring (bicyclic) bond motifs is 6. The number of anilines is 3. The van der Waals surface area contributed by atoms with Gasteiger partial charge in [-0.3, -0.25) is 0 Å². The van der Waals surface area contributed by atoms with Crippen molar-refractivity contribution in [3.63, 3.8) is 0 Å². The van der Waals surface area contributed by atoms with Gasteiger partial charge < -0.3 is 24.0 Å². The zero-order chi connectivity index (χ0) is 29.8. The quantitative estimate of drug-likeness (QED) is 0.224. The van der Waals surface area contributed by atoms with Crippen LogP contribution in [0.1, 0.15) is 46.0 Å². The Kier molecular flexibility index (Phi) is 6.58. The summed E-state index contributed by atoms with van der Waals surface area (Å²) in [6.45, 7) is 4.33. The molecule has 0 aliphatic carbocycles. The molecule has 4 aromatic carbocycles. The van der Waals surface area contributed by atoms with Crippen LogP contribution in [0.15, 0.2) is 84.9 Å². The van der Waals surface area contributed by atoms with Crippen LogP contribution in [0, 0.1) is 0 Å². The van der Waals surface area contributed by atoms with Crippen molar-refractivity contribution >= 4 is 23.0 Å². The first-order valence-corrected chi connectivity index (χ1v) is 14.4. The van der Waals surface area contributed by atoms with Crippen LogP contribution in [-0.4, -0.2) is 38.8 Å². The lowest BCUT2D eigenvalue weighted by molar-refractivity contribution is -0.137. The van der Waals surface area contributed by atoms with Crippen LogP contribution >= 0.6 is 0 Å². The van der Waals surface area contributed by atoms with E-state index < -0.39 is 23.3 Å². The number of hydrogen-bond acceptors (Lipinski definition) is 6. The summed E-state index contributed by atoms with van der Waals surface area (Å²) in [6, 6.07) is 23.9. The standard InChI is InChI=1S/C34H29F3N2O4/c1-2-17-39(25-12-6-3-9-22(25)34(35,36)37)27-16-15-26(38-18-20-41-21-19-38)30-31(27)33(43-32(30)40)23-10-4-7-13-28(23)42-29-14-8-5-11-24(29)33/h3-16H,2,17-21H2,1H3. The van der Waals surface area contributed by atoms with Gasteiger partial charge in [0, 0.05) is 36.3 Å². The average molecular weight is 587 g/mol. The lowest BCUT2D eigenvalue weighted by Crippen LogP contribution is -2.37. The predicted molar refractivity (Wildman–Crippen MR) is 156 cm³/mol. The summed E-state index contributed by atoms with van der Waals surface area (Å²) in [5.74, 6) is 0.495. The van der Waals surface area contributed by atoms with E-state index in [-0.39, 0.29) is 12.2 Å². The number of carbonyl (C=O) groups is 1. The first-order valence-electron chi connectivity index (χ1n) is 14.4. The topological polar surface area (TPSA) is 51.2 Å².